The van der Waals surface area contributed by atoms with Crippen molar-refractivity contribution in [1.82, 2.24) is 0 Å². The number of para-hydroxylation sites is 1. The summed E-state index contributed by atoms with van der Waals surface area (Å²) in [6, 6.07) is 13.6. The lowest BCUT2D eigenvalue weighted by Crippen LogP contribution is -2.18. The van der Waals surface area contributed by atoms with Gasteiger partial charge in [-0.2, -0.15) is 0 Å². The zero-order valence-electron chi connectivity index (χ0n) is 12.3. The first-order valence-corrected chi connectivity index (χ1v) is 7.26. The van der Waals surface area contributed by atoms with Gasteiger partial charge in [-0.05, 0) is 42.7 Å². The lowest BCUT2D eigenvalue weighted by molar-refractivity contribution is 0.301. The number of benzene rings is 2. The summed E-state index contributed by atoms with van der Waals surface area (Å²) in [5.74, 6) is 1.52. The minimum Gasteiger partial charge on any atom is -0.497 e. The Kier molecular flexibility index (Phi) is 5.48. The zero-order valence-corrected chi connectivity index (χ0v) is 13.1. The molecule has 0 saturated carbocycles. The maximum Gasteiger partial charge on any atom is 0.141 e. The molecular formula is C17H20ClNO2. The Bertz CT molecular complexity index is 599. The summed E-state index contributed by atoms with van der Waals surface area (Å²) in [5.41, 5.74) is 7.93. The van der Waals surface area contributed by atoms with Crippen LogP contribution in [0.15, 0.2) is 42.5 Å². The minimum absolute atomic E-state index is 0.0580. The van der Waals surface area contributed by atoms with E-state index in [2.05, 4.69) is 0 Å². The standard InChI is InChI=1S/C17H20ClNO2/c1-12(19)9-14-6-4-8-16(18)17(14)21-11-13-5-3-7-15(10-13)20-2/h3-8,10,12H,9,11,19H2,1-2H3. The molecule has 0 bridgehead atoms. The molecule has 0 aliphatic carbocycles. The third-order valence-electron chi connectivity index (χ3n) is 3.11. The molecule has 3 nitrogen and oxygen atoms in total. The van der Waals surface area contributed by atoms with Crippen molar-refractivity contribution in [3.8, 4) is 11.5 Å². The molecule has 112 valence electrons. The van der Waals surface area contributed by atoms with Crippen molar-refractivity contribution in [1.29, 1.82) is 0 Å². The smallest absolute Gasteiger partial charge is 0.141 e. The molecule has 0 aromatic heterocycles. The number of rotatable bonds is 6. The summed E-state index contributed by atoms with van der Waals surface area (Å²) < 4.78 is 11.1. The monoisotopic (exact) mass is 305 g/mol. The molecule has 0 fully saturated rings. The van der Waals surface area contributed by atoms with Crippen LogP contribution in [0.5, 0.6) is 11.5 Å². The maximum absolute atomic E-state index is 6.25. The molecule has 0 saturated heterocycles. The van der Waals surface area contributed by atoms with Crippen LogP contribution in [0.1, 0.15) is 18.1 Å². The van der Waals surface area contributed by atoms with Crippen LogP contribution < -0.4 is 15.2 Å². The van der Waals surface area contributed by atoms with Crippen molar-refractivity contribution in [2.24, 2.45) is 5.73 Å². The number of hydrogen-bond donors (Lipinski definition) is 1. The molecule has 2 aromatic carbocycles. The lowest BCUT2D eigenvalue weighted by Gasteiger charge is -2.15. The first kappa shape index (κ1) is 15.7. The molecule has 2 N–H and O–H groups in total. The fourth-order valence-electron chi connectivity index (χ4n) is 2.14. The predicted octanol–water partition coefficient (Wildman–Crippen LogP) is 3.82. The summed E-state index contributed by atoms with van der Waals surface area (Å²) in [7, 11) is 1.65. The highest BCUT2D eigenvalue weighted by atomic mass is 35.5. The van der Waals surface area contributed by atoms with E-state index in [4.69, 9.17) is 26.8 Å². The van der Waals surface area contributed by atoms with Crippen LogP contribution in [0.2, 0.25) is 5.02 Å². The molecule has 0 amide bonds. The molecule has 1 atom stereocenters. The molecular weight excluding hydrogens is 286 g/mol. The molecule has 2 aromatic rings. The van der Waals surface area contributed by atoms with Crippen molar-refractivity contribution in [2.45, 2.75) is 26.0 Å². The molecule has 21 heavy (non-hydrogen) atoms. The van der Waals surface area contributed by atoms with E-state index in [0.717, 1.165) is 23.3 Å². The maximum atomic E-state index is 6.25. The van der Waals surface area contributed by atoms with Gasteiger partial charge in [0.1, 0.15) is 18.1 Å². The second-order valence-corrected chi connectivity index (χ2v) is 5.46. The van der Waals surface area contributed by atoms with Gasteiger partial charge in [-0.3, -0.25) is 0 Å². The van der Waals surface area contributed by atoms with Gasteiger partial charge in [0, 0.05) is 6.04 Å². The molecule has 1 unspecified atom stereocenters. The van der Waals surface area contributed by atoms with Crippen LogP contribution in [0.3, 0.4) is 0 Å². The van der Waals surface area contributed by atoms with Crippen LogP contribution in [0, 0.1) is 0 Å². The number of hydrogen-bond acceptors (Lipinski definition) is 3. The van der Waals surface area contributed by atoms with Crippen molar-refractivity contribution in [2.75, 3.05) is 7.11 Å². The summed E-state index contributed by atoms with van der Waals surface area (Å²) >= 11 is 6.25. The van der Waals surface area contributed by atoms with Crippen molar-refractivity contribution < 1.29 is 9.47 Å². The van der Waals surface area contributed by atoms with E-state index >= 15 is 0 Å². The van der Waals surface area contributed by atoms with E-state index in [0.29, 0.717) is 17.4 Å². The number of halogens is 1. The average molecular weight is 306 g/mol. The average Bonchev–Trinajstić information content (AvgIpc) is 2.46. The molecule has 0 aliphatic rings. The van der Waals surface area contributed by atoms with Crippen LogP contribution in [-0.4, -0.2) is 13.2 Å². The Morgan fingerprint density at radius 3 is 2.67 bits per heavy atom. The van der Waals surface area contributed by atoms with Gasteiger partial charge in [0.05, 0.1) is 12.1 Å². The molecule has 2 rings (SSSR count). The van der Waals surface area contributed by atoms with E-state index in [1.165, 1.54) is 0 Å². The predicted molar refractivity (Wildman–Crippen MR) is 86.1 cm³/mol. The van der Waals surface area contributed by atoms with Crippen molar-refractivity contribution in [3.63, 3.8) is 0 Å². The minimum atomic E-state index is 0.0580. The highest BCUT2D eigenvalue weighted by Crippen LogP contribution is 2.30. The Morgan fingerprint density at radius 1 is 1.19 bits per heavy atom. The van der Waals surface area contributed by atoms with Gasteiger partial charge in [0.25, 0.3) is 0 Å². The molecule has 0 heterocycles. The highest BCUT2D eigenvalue weighted by Gasteiger charge is 2.10. The SMILES string of the molecule is COc1cccc(COc2c(Cl)cccc2CC(C)N)c1. The fourth-order valence-corrected chi connectivity index (χ4v) is 2.39. The van der Waals surface area contributed by atoms with E-state index < -0.39 is 0 Å². The normalized spacial score (nSPS) is 12.0. The number of ether oxygens (including phenoxy) is 2. The van der Waals surface area contributed by atoms with Gasteiger partial charge in [0.2, 0.25) is 0 Å². The lowest BCUT2D eigenvalue weighted by atomic mass is 10.1. The van der Waals surface area contributed by atoms with Crippen LogP contribution in [0.25, 0.3) is 0 Å². The van der Waals surface area contributed by atoms with E-state index in [1.807, 2.05) is 49.4 Å². The Hall–Kier alpha value is -1.71. The van der Waals surface area contributed by atoms with Gasteiger partial charge in [0.15, 0.2) is 0 Å². The summed E-state index contributed by atoms with van der Waals surface area (Å²) in [6.45, 7) is 2.40. The van der Waals surface area contributed by atoms with Gasteiger partial charge in [-0.1, -0.05) is 35.9 Å². The van der Waals surface area contributed by atoms with E-state index in [1.54, 1.807) is 7.11 Å². The quantitative estimate of drug-likeness (QED) is 0.882. The van der Waals surface area contributed by atoms with Crippen molar-refractivity contribution >= 4 is 11.6 Å². The van der Waals surface area contributed by atoms with Crippen LogP contribution >= 0.6 is 11.6 Å². The highest BCUT2D eigenvalue weighted by molar-refractivity contribution is 6.32. The summed E-state index contributed by atoms with van der Waals surface area (Å²) in [4.78, 5) is 0. The van der Waals surface area contributed by atoms with E-state index in [9.17, 15) is 0 Å². The molecule has 0 radical (unpaired) electrons. The number of methoxy groups -OCH3 is 1. The second-order valence-electron chi connectivity index (χ2n) is 5.05. The van der Waals surface area contributed by atoms with Gasteiger partial charge in [-0.15, -0.1) is 0 Å². The summed E-state index contributed by atoms with van der Waals surface area (Å²) in [5, 5.41) is 0.607. The van der Waals surface area contributed by atoms with E-state index in [-0.39, 0.29) is 6.04 Å². The second kappa shape index (κ2) is 7.34. The van der Waals surface area contributed by atoms with Gasteiger partial charge in [-0.25, -0.2) is 0 Å². The van der Waals surface area contributed by atoms with Crippen molar-refractivity contribution in [3.05, 3.63) is 58.6 Å². The topological polar surface area (TPSA) is 44.5 Å². The van der Waals surface area contributed by atoms with Crippen LogP contribution in [-0.2, 0) is 13.0 Å². The number of nitrogens with two attached hydrogens (primary N) is 1. The fraction of sp³-hybridized carbons (Fsp3) is 0.294. The Balaban J connectivity index is 2.15. The first-order valence-electron chi connectivity index (χ1n) is 6.89. The Morgan fingerprint density at radius 2 is 1.95 bits per heavy atom. The third kappa shape index (κ3) is 4.38. The van der Waals surface area contributed by atoms with Crippen LogP contribution in [0.4, 0.5) is 0 Å². The molecule has 0 spiro atoms. The van der Waals surface area contributed by atoms with Gasteiger partial charge >= 0.3 is 0 Å². The molecule has 4 heteroatoms. The summed E-state index contributed by atoms with van der Waals surface area (Å²) in [6.07, 6.45) is 0.730. The largest absolute Gasteiger partial charge is 0.497 e. The van der Waals surface area contributed by atoms with Gasteiger partial charge < -0.3 is 15.2 Å². The zero-order chi connectivity index (χ0) is 15.2. The molecule has 0 aliphatic heterocycles. The Labute approximate surface area is 130 Å². The first-order chi connectivity index (χ1) is 10.1. The third-order valence-corrected chi connectivity index (χ3v) is 3.41.